The lowest BCUT2D eigenvalue weighted by atomic mass is 9.92. The molecule has 70 valence electrons. The van der Waals surface area contributed by atoms with E-state index in [2.05, 4.69) is 5.32 Å². The summed E-state index contributed by atoms with van der Waals surface area (Å²) in [7, 11) is -2.97. The molecule has 0 unspecified atom stereocenters. The highest BCUT2D eigenvalue weighted by Crippen LogP contribution is 2.26. The molecule has 12 heavy (non-hydrogen) atoms. The van der Waals surface area contributed by atoms with Gasteiger partial charge < -0.3 is 10.4 Å². The molecule has 2 N–H and O–H groups in total. The minimum absolute atomic E-state index is 0.178. The van der Waals surface area contributed by atoms with Gasteiger partial charge in [-0.05, 0) is 12.8 Å². The van der Waals surface area contributed by atoms with Gasteiger partial charge in [-0.15, -0.1) is 0 Å². The Morgan fingerprint density at radius 3 is 2.33 bits per heavy atom. The third kappa shape index (κ3) is 2.10. The lowest BCUT2D eigenvalue weighted by molar-refractivity contribution is 0.182. The number of sulfone groups is 1. The molecule has 0 spiro atoms. The minimum Gasteiger partial charge on any atom is -0.465 e. The molecule has 0 radical (unpaired) electrons. The monoisotopic (exact) mass is 193 g/mol. The number of rotatable bonds is 2. The molecule has 1 amide bonds. The van der Waals surface area contributed by atoms with Gasteiger partial charge in [-0.2, -0.15) is 0 Å². The topological polar surface area (TPSA) is 83.5 Å². The first-order valence-electron chi connectivity index (χ1n) is 3.58. The molecular weight excluding hydrogens is 182 g/mol. The van der Waals surface area contributed by atoms with Gasteiger partial charge in [-0.1, -0.05) is 0 Å². The molecule has 5 nitrogen and oxygen atoms in total. The van der Waals surface area contributed by atoms with E-state index in [0.717, 1.165) is 0 Å². The van der Waals surface area contributed by atoms with E-state index in [1.54, 1.807) is 0 Å². The Hall–Kier alpha value is -0.780. The molecule has 0 aliphatic heterocycles. The summed E-state index contributed by atoms with van der Waals surface area (Å²) < 4.78 is 21.7. The lowest BCUT2D eigenvalue weighted by Crippen LogP contribution is -2.49. The molecular formula is C6H11NO4S. The first-order valence-corrected chi connectivity index (χ1v) is 5.53. The fourth-order valence-corrected chi connectivity index (χ4v) is 2.37. The molecule has 1 aliphatic rings. The second kappa shape index (κ2) is 2.93. The average molecular weight is 193 g/mol. The van der Waals surface area contributed by atoms with Gasteiger partial charge in [0.1, 0.15) is 9.84 Å². The summed E-state index contributed by atoms with van der Waals surface area (Å²) >= 11 is 0. The molecule has 1 aliphatic carbocycles. The largest absolute Gasteiger partial charge is 0.465 e. The second-order valence-corrected chi connectivity index (χ2v) is 5.40. The molecule has 1 fully saturated rings. The highest BCUT2D eigenvalue weighted by Gasteiger charge is 2.36. The van der Waals surface area contributed by atoms with Crippen molar-refractivity contribution in [3.63, 3.8) is 0 Å². The normalized spacial score (nSPS) is 29.1. The zero-order chi connectivity index (χ0) is 9.35. The van der Waals surface area contributed by atoms with Gasteiger partial charge in [0, 0.05) is 12.3 Å². The van der Waals surface area contributed by atoms with Crippen molar-refractivity contribution >= 4 is 15.9 Å². The van der Waals surface area contributed by atoms with Crippen molar-refractivity contribution in [2.24, 2.45) is 0 Å². The summed E-state index contributed by atoms with van der Waals surface area (Å²) in [5.74, 6) is 0. The Kier molecular flexibility index (Phi) is 2.27. The van der Waals surface area contributed by atoms with Crippen molar-refractivity contribution in [1.29, 1.82) is 0 Å². The quantitative estimate of drug-likeness (QED) is 0.637. The number of amides is 1. The number of nitrogens with one attached hydrogen (secondary N) is 1. The molecule has 6 heteroatoms. The minimum atomic E-state index is -2.97. The fraction of sp³-hybridized carbons (Fsp3) is 0.833. The number of hydrogen-bond acceptors (Lipinski definition) is 3. The van der Waals surface area contributed by atoms with Gasteiger partial charge in [0.25, 0.3) is 0 Å². The average Bonchev–Trinajstić information content (AvgIpc) is 1.73. The number of carboxylic acid groups (broad SMARTS) is 1. The molecule has 0 bridgehead atoms. The summed E-state index contributed by atoms with van der Waals surface area (Å²) in [6.45, 7) is 0. The van der Waals surface area contributed by atoms with Gasteiger partial charge in [0.15, 0.2) is 0 Å². The van der Waals surface area contributed by atoms with Crippen molar-refractivity contribution in [3.05, 3.63) is 0 Å². The van der Waals surface area contributed by atoms with E-state index >= 15 is 0 Å². The zero-order valence-electron chi connectivity index (χ0n) is 6.65. The maximum absolute atomic E-state index is 10.9. The summed E-state index contributed by atoms with van der Waals surface area (Å²) in [6, 6.07) is -0.178. The van der Waals surface area contributed by atoms with Gasteiger partial charge in [0.2, 0.25) is 0 Å². The molecule has 0 aromatic heterocycles. The fourth-order valence-electron chi connectivity index (χ4n) is 1.21. The SMILES string of the molecule is CS(=O)(=O)[C@H]1C[C@@H](NC(=O)O)C1. The van der Waals surface area contributed by atoms with Gasteiger partial charge in [-0.3, -0.25) is 0 Å². The van der Waals surface area contributed by atoms with Gasteiger partial charge in [0.05, 0.1) is 5.25 Å². The van der Waals surface area contributed by atoms with Crippen LogP contribution < -0.4 is 5.32 Å². The van der Waals surface area contributed by atoms with E-state index in [4.69, 9.17) is 5.11 Å². The molecule has 0 aromatic rings. The Labute approximate surface area is 70.7 Å². The van der Waals surface area contributed by atoms with Crippen LogP contribution in [0.4, 0.5) is 4.79 Å². The zero-order valence-corrected chi connectivity index (χ0v) is 7.47. The summed E-state index contributed by atoms with van der Waals surface area (Å²) in [5.41, 5.74) is 0. The standard InChI is InChI=1S/C6H11NO4S/c1-12(10,11)5-2-4(3-5)7-6(8)9/h4-5,7H,2-3H2,1H3,(H,8,9)/t4-,5+. The lowest BCUT2D eigenvalue weighted by Gasteiger charge is -2.33. The summed E-state index contributed by atoms with van der Waals surface area (Å²) in [6.07, 6.45) is 0.900. The number of carbonyl (C=O) groups is 1. The second-order valence-electron chi connectivity index (χ2n) is 3.07. The van der Waals surface area contributed by atoms with E-state index in [9.17, 15) is 13.2 Å². The van der Waals surface area contributed by atoms with Crippen LogP contribution in [0, 0.1) is 0 Å². The van der Waals surface area contributed by atoms with Crippen LogP contribution in [0.1, 0.15) is 12.8 Å². The predicted octanol–water partition coefficient (Wildman–Crippen LogP) is -0.170. The van der Waals surface area contributed by atoms with Crippen LogP contribution in [0.2, 0.25) is 0 Å². The first-order chi connectivity index (χ1) is 5.39. The van der Waals surface area contributed by atoms with Crippen LogP contribution in [0.3, 0.4) is 0 Å². The van der Waals surface area contributed by atoms with Crippen LogP contribution in [-0.4, -0.2) is 37.2 Å². The summed E-state index contributed by atoms with van der Waals surface area (Å²) in [5, 5.41) is 10.2. The van der Waals surface area contributed by atoms with E-state index in [1.165, 1.54) is 6.26 Å². The number of hydrogen-bond donors (Lipinski definition) is 2. The summed E-state index contributed by atoms with van der Waals surface area (Å²) in [4.78, 5) is 10.1. The Balaban J connectivity index is 2.34. The predicted molar refractivity (Wildman–Crippen MR) is 42.8 cm³/mol. The van der Waals surface area contributed by atoms with Crippen LogP contribution in [-0.2, 0) is 9.84 Å². The molecule has 0 atom stereocenters. The maximum Gasteiger partial charge on any atom is 0.404 e. The Bertz CT molecular complexity index is 278. The third-order valence-corrected chi connectivity index (χ3v) is 3.62. The third-order valence-electron chi connectivity index (χ3n) is 2.03. The maximum atomic E-state index is 10.9. The Morgan fingerprint density at radius 1 is 1.50 bits per heavy atom. The van der Waals surface area contributed by atoms with E-state index in [1.807, 2.05) is 0 Å². The van der Waals surface area contributed by atoms with Crippen molar-refractivity contribution in [1.82, 2.24) is 5.32 Å². The van der Waals surface area contributed by atoms with Gasteiger partial charge >= 0.3 is 6.09 Å². The van der Waals surface area contributed by atoms with E-state index < -0.39 is 15.9 Å². The van der Waals surface area contributed by atoms with Crippen molar-refractivity contribution in [2.75, 3.05) is 6.26 Å². The Morgan fingerprint density at radius 2 is 2.00 bits per heavy atom. The molecule has 1 saturated carbocycles. The van der Waals surface area contributed by atoms with E-state index in [0.29, 0.717) is 12.8 Å². The van der Waals surface area contributed by atoms with Crippen LogP contribution in [0.5, 0.6) is 0 Å². The first kappa shape index (κ1) is 9.31. The smallest absolute Gasteiger partial charge is 0.404 e. The van der Waals surface area contributed by atoms with Crippen LogP contribution >= 0.6 is 0 Å². The highest BCUT2D eigenvalue weighted by atomic mass is 32.2. The van der Waals surface area contributed by atoms with Crippen LogP contribution in [0.15, 0.2) is 0 Å². The van der Waals surface area contributed by atoms with Gasteiger partial charge in [-0.25, -0.2) is 13.2 Å². The highest BCUT2D eigenvalue weighted by molar-refractivity contribution is 7.91. The van der Waals surface area contributed by atoms with Crippen molar-refractivity contribution < 1.29 is 18.3 Å². The van der Waals surface area contributed by atoms with Crippen molar-refractivity contribution in [2.45, 2.75) is 24.1 Å². The van der Waals surface area contributed by atoms with E-state index in [-0.39, 0.29) is 11.3 Å². The molecule has 0 saturated heterocycles. The molecule has 0 heterocycles. The van der Waals surface area contributed by atoms with Crippen LogP contribution in [0.25, 0.3) is 0 Å². The molecule has 1 rings (SSSR count). The molecule has 0 aromatic carbocycles. The van der Waals surface area contributed by atoms with Crippen molar-refractivity contribution in [3.8, 4) is 0 Å².